The van der Waals surface area contributed by atoms with E-state index < -0.39 is 4.92 Å². The number of nitrogens with one attached hydrogen (secondary N) is 1. The van der Waals surface area contributed by atoms with Crippen molar-refractivity contribution in [3.8, 4) is 17.6 Å². The molecule has 0 saturated carbocycles. The molecule has 6 nitrogen and oxygen atoms in total. The Morgan fingerprint density at radius 1 is 0.960 bits per heavy atom. The van der Waals surface area contributed by atoms with Gasteiger partial charge in [0.1, 0.15) is 23.1 Å². The first-order valence-corrected chi connectivity index (χ1v) is 7.44. The predicted molar refractivity (Wildman–Crippen MR) is 94.1 cm³/mol. The average molecular weight is 331 g/mol. The normalized spacial score (nSPS) is 9.88. The molecule has 1 N–H and O–H groups in total. The number of non-ortho nitro benzene ring substituents is 1. The molecular weight excluding hydrogens is 318 g/mol. The molecule has 0 aromatic heterocycles. The zero-order valence-corrected chi connectivity index (χ0v) is 13.0. The minimum absolute atomic E-state index is 0.112. The van der Waals surface area contributed by atoms with E-state index in [1.54, 1.807) is 12.1 Å². The monoisotopic (exact) mass is 331 g/mol. The number of hydrogen-bond acceptors (Lipinski definition) is 5. The third kappa shape index (κ3) is 3.92. The second-order valence-electron chi connectivity index (χ2n) is 5.17. The van der Waals surface area contributed by atoms with Crippen molar-refractivity contribution in [3.63, 3.8) is 0 Å². The van der Waals surface area contributed by atoms with Crippen LogP contribution in [0.4, 0.5) is 17.1 Å². The summed E-state index contributed by atoms with van der Waals surface area (Å²) in [6.07, 6.45) is 0. The fourth-order valence-corrected chi connectivity index (χ4v) is 2.23. The summed E-state index contributed by atoms with van der Waals surface area (Å²) < 4.78 is 5.67. The van der Waals surface area contributed by atoms with Gasteiger partial charge < -0.3 is 10.1 Å². The zero-order chi connectivity index (χ0) is 17.6. The molecule has 3 aromatic rings. The number of nitro benzene ring substituents is 1. The SMILES string of the molecule is N#Cc1cc([N+](=O)[O-])ccc1Oc1ccc(Nc2ccccc2)cc1. The number of para-hydroxylation sites is 1. The number of nitrogens with zero attached hydrogens (tertiary/aromatic N) is 2. The third-order valence-corrected chi connectivity index (χ3v) is 3.44. The van der Waals surface area contributed by atoms with Gasteiger partial charge in [0.05, 0.1) is 4.92 Å². The molecule has 25 heavy (non-hydrogen) atoms. The van der Waals surface area contributed by atoms with Crippen LogP contribution in [0.5, 0.6) is 11.5 Å². The molecule has 0 heterocycles. The number of hydrogen-bond donors (Lipinski definition) is 1. The minimum Gasteiger partial charge on any atom is -0.456 e. The number of nitro groups is 1. The van der Waals surface area contributed by atoms with Crippen LogP contribution in [0, 0.1) is 21.4 Å². The molecule has 3 aromatic carbocycles. The second-order valence-corrected chi connectivity index (χ2v) is 5.17. The molecule has 0 spiro atoms. The maximum atomic E-state index is 10.8. The maximum Gasteiger partial charge on any atom is 0.271 e. The lowest BCUT2D eigenvalue weighted by Gasteiger charge is -2.09. The van der Waals surface area contributed by atoms with Crippen molar-refractivity contribution < 1.29 is 9.66 Å². The summed E-state index contributed by atoms with van der Waals surface area (Å²) in [5.41, 5.74) is 1.83. The van der Waals surface area contributed by atoms with Crippen LogP contribution in [0.3, 0.4) is 0 Å². The van der Waals surface area contributed by atoms with E-state index in [4.69, 9.17) is 10.00 Å². The van der Waals surface area contributed by atoms with Gasteiger partial charge >= 0.3 is 0 Å². The smallest absolute Gasteiger partial charge is 0.271 e. The zero-order valence-electron chi connectivity index (χ0n) is 13.0. The fourth-order valence-electron chi connectivity index (χ4n) is 2.23. The summed E-state index contributed by atoms with van der Waals surface area (Å²) in [6.45, 7) is 0. The van der Waals surface area contributed by atoms with E-state index in [0.29, 0.717) is 5.75 Å². The van der Waals surface area contributed by atoms with E-state index in [-0.39, 0.29) is 17.0 Å². The molecule has 0 atom stereocenters. The van der Waals surface area contributed by atoms with Crippen LogP contribution in [0.2, 0.25) is 0 Å². The average Bonchev–Trinajstić information content (AvgIpc) is 2.64. The van der Waals surface area contributed by atoms with Gasteiger partial charge in [0.2, 0.25) is 0 Å². The quantitative estimate of drug-likeness (QED) is 0.525. The number of ether oxygens (including phenoxy) is 1. The topological polar surface area (TPSA) is 88.2 Å². The molecule has 0 aliphatic rings. The van der Waals surface area contributed by atoms with Gasteiger partial charge in [-0.15, -0.1) is 0 Å². The number of nitriles is 1. The molecule has 0 fully saturated rings. The van der Waals surface area contributed by atoms with Gasteiger partial charge in [-0.3, -0.25) is 10.1 Å². The van der Waals surface area contributed by atoms with Crippen LogP contribution in [-0.2, 0) is 0 Å². The van der Waals surface area contributed by atoms with Crippen molar-refractivity contribution in [2.24, 2.45) is 0 Å². The highest BCUT2D eigenvalue weighted by atomic mass is 16.6. The molecule has 0 aliphatic heterocycles. The number of benzene rings is 3. The lowest BCUT2D eigenvalue weighted by atomic mass is 10.2. The van der Waals surface area contributed by atoms with Gasteiger partial charge in [0, 0.05) is 23.5 Å². The fraction of sp³-hybridized carbons (Fsp3) is 0. The van der Waals surface area contributed by atoms with Crippen molar-refractivity contribution in [2.75, 3.05) is 5.32 Å². The molecule has 0 aliphatic carbocycles. The van der Waals surface area contributed by atoms with Crippen molar-refractivity contribution >= 4 is 17.1 Å². The van der Waals surface area contributed by atoms with Crippen LogP contribution in [0.25, 0.3) is 0 Å². The second kappa shape index (κ2) is 7.15. The summed E-state index contributed by atoms with van der Waals surface area (Å²) in [6, 6.07) is 22.8. The Morgan fingerprint density at radius 2 is 1.64 bits per heavy atom. The molecule has 6 heteroatoms. The summed E-state index contributed by atoms with van der Waals surface area (Å²) in [5.74, 6) is 0.806. The maximum absolute atomic E-state index is 10.8. The highest BCUT2D eigenvalue weighted by Gasteiger charge is 2.12. The summed E-state index contributed by atoms with van der Waals surface area (Å²) in [7, 11) is 0. The van der Waals surface area contributed by atoms with E-state index in [0.717, 1.165) is 11.4 Å². The van der Waals surface area contributed by atoms with Crippen molar-refractivity contribution in [3.05, 3.63) is 88.5 Å². The Kier molecular flexibility index (Phi) is 4.58. The van der Waals surface area contributed by atoms with E-state index in [1.165, 1.54) is 18.2 Å². The van der Waals surface area contributed by atoms with Crippen LogP contribution in [0.15, 0.2) is 72.8 Å². The Bertz CT molecular complexity index is 932. The first kappa shape index (κ1) is 16.0. The van der Waals surface area contributed by atoms with E-state index in [2.05, 4.69) is 5.32 Å². The Hall–Kier alpha value is -3.85. The Balaban J connectivity index is 1.75. The highest BCUT2D eigenvalue weighted by Crippen LogP contribution is 2.29. The molecule has 122 valence electrons. The number of rotatable bonds is 5. The van der Waals surface area contributed by atoms with E-state index >= 15 is 0 Å². The third-order valence-electron chi connectivity index (χ3n) is 3.44. The first-order valence-electron chi connectivity index (χ1n) is 7.44. The van der Waals surface area contributed by atoms with Gasteiger partial charge in [-0.05, 0) is 42.5 Å². The standard InChI is InChI=1S/C19H13N3O3/c20-13-14-12-17(22(23)24)8-11-19(14)25-18-9-6-16(7-10-18)21-15-4-2-1-3-5-15/h1-12,21H. The van der Waals surface area contributed by atoms with Crippen LogP contribution < -0.4 is 10.1 Å². The molecule has 0 unspecified atom stereocenters. The highest BCUT2D eigenvalue weighted by molar-refractivity contribution is 5.60. The van der Waals surface area contributed by atoms with Crippen molar-refractivity contribution in [2.45, 2.75) is 0 Å². The summed E-state index contributed by atoms with van der Waals surface area (Å²) in [4.78, 5) is 10.2. The van der Waals surface area contributed by atoms with Gasteiger partial charge in [-0.1, -0.05) is 18.2 Å². The van der Waals surface area contributed by atoms with Crippen LogP contribution >= 0.6 is 0 Å². The van der Waals surface area contributed by atoms with Crippen molar-refractivity contribution in [1.29, 1.82) is 5.26 Å². The molecular formula is C19H13N3O3. The first-order chi connectivity index (χ1) is 12.2. The lowest BCUT2D eigenvalue weighted by Crippen LogP contribution is -1.93. The Morgan fingerprint density at radius 3 is 2.28 bits per heavy atom. The largest absolute Gasteiger partial charge is 0.456 e. The van der Waals surface area contributed by atoms with E-state index in [1.807, 2.05) is 48.5 Å². The molecule has 0 saturated heterocycles. The molecule has 0 bridgehead atoms. The van der Waals surface area contributed by atoms with Gasteiger partial charge in [0.25, 0.3) is 5.69 Å². The van der Waals surface area contributed by atoms with Crippen LogP contribution in [0.1, 0.15) is 5.56 Å². The number of anilines is 2. The Labute approximate surface area is 144 Å². The van der Waals surface area contributed by atoms with Gasteiger partial charge in [-0.2, -0.15) is 5.26 Å². The van der Waals surface area contributed by atoms with E-state index in [9.17, 15) is 10.1 Å². The predicted octanol–water partition coefficient (Wildman–Crippen LogP) is 5.00. The molecule has 3 rings (SSSR count). The van der Waals surface area contributed by atoms with Crippen LogP contribution in [-0.4, -0.2) is 4.92 Å². The minimum atomic E-state index is -0.547. The molecule has 0 radical (unpaired) electrons. The van der Waals surface area contributed by atoms with Crippen molar-refractivity contribution in [1.82, 2.24) is 0 Å². The summed E-state index contributed by atoms with van der Waals surface area (Å²) in [5, 5.41) is 23.2. The lowest BCUT2D eigenvalue weighted by molar-refractivity contribution is -0.384. The molecule has 0 amide bonds. The van der Waals surface area contributed by atoms with Gasteiger partial charge in [0.15, 0.2) is 0 Å². The summed E-state index contributed by atoms with van der Waals surface area (Å²) >= 11 is 0. The van der Waals surface area contributed by atoms with Gasteiger partial charge in [-0.25, -0.2) is 0 Å².